The third-order valence-electron chi connectivity index (χ3n) is 6.37. The summed E-state index contributed by atoms with van der Waals surface area (Å²) in [7, 11) is 2.93. The van der Waals surface area contributed by atoms with Crippen LogP contribution in [0.4, 0.5) is 0 Å². The van der Waals surface area contributed by atoms with Crippen LogP contribution in [0.2, 0.25) is 0 Å². The molecule has 0 aliphatic carbocycles. The number of hydrogen-bond donors (Lipinski definition) is 1. The minimum Gasteiger partial charge on any atom is -0.545 e. The lowest BCUT2D eigenvalue weighted by atomic mass is 10.1. The number of rotatable bonds is 17. The number of carbonyl (C=O) groups is 2. The molecule has 0 saturated heterocycles. The van der Waals surface area contributed by atoms with Crippen molar-refractivity contribution < 1.29 is 24.3 Å². The molecular formula is C30H45NO4S2. The summed E-state index contributed by atoms with van der Waals surface area (Å²) in [5, 5.41) is 19.4. The highest BCUT2D eigenvalue weighted by Crippen LogP contribution is 2.37. The van der Waals surface area contributed by atoms with Gasteiger partial charge in [-0.1, -0.05) is 87.1 Å². The molecule has 2 aromatic rings. The number of carbonyl (C=O) groups excluding carboxylic acids is 1. The Morgan fingerprint density at radius 2 is 0.973 bits per heavy atom. The number of carboxylic acid groups (broad SMARTS) is 2. The van der Waals surface area contributed by atoms with E-state index < -0.39 is 11.9 Å². The van der Waals surface area contributed by atoms with E-state index in [2.05, 4.69) is 27.7 Å². The molecule has 7 heteroatoms. The van der Waals surface area contributed by atoms with Crippen LogP contribution in [0.25, 0.3) is 0 Å². The zero-order chi connectivity index (χ0) is 27.5. The molecule has 0 bridgehead atoms. The molecule has 0 spiro atoms. The van der Waals surface area contributed by atoms with Gasteiger partial charge in [0.05, 0.1) is 37.7 Å². The zero-order valence-electron chi connectivity index (χ0n) is 23.0. The minimum atomic E-state index is -1.20. The summed E-state index contributed by atoms with van der Waals surface area (Å²) in [4.78, 5) is 23.1. The van der Waals surface area contributed by atoms with Crippen LogP contribution in [0, 0.1) is 0 Å². The van der Waals surface area contributed by atoms with E-state index in [1.165, 1.54) is 116 Å². The van der Waals surface area contributed by atoms with Crippen molar-refractivity contribution in [2.45, 2.75) is 88.9 Å². The highest BCUT2D eigenvalue weighted by atomic mass is 33.1. The summed E-state index contributed by atoms with van der Waals surface area (Å²) in [6.07, 6.45) is 11.1. The maximum atomic E-state index is 10.7. The molecule has 2 rings (SSSR count). The molecule has 0 amide bonds. The highest BCUT2D eigenvalue weighted by Gasteiger charge is 2.24. The van der Waals surface area contributed by atoms with Crippen molar-refractivity contribution in [1.82, 2.24) is 0 Å². The van der Waals surface area contributed by atoms with Gasteiger partial charge >= 0.3 is 5.97 Å². The van der Waals surface area contributed by atoms with Crippen molar-refractivity contribution in [3.05, 3.63) is 59.7 Å². The molecule has 2 aromatic carbocycles. The molecule has 0 saturated carbocycles. The quantitative estimate of drug-likeness (QED) is 0.163. The van der Waals surface area contributed by atoms with Gasteiger partial charge in [0.15, 0.2) is 0 Å². The fourth-order valence-corrected chi connectivity index (χ4v) is 5.97. The first-order valence-electron chi connectivity index (χ1n) is 13.6. The Labute approximate surface area is 232 Å². The van der Waals surface area contributed by atoms with Crippen molar-refractivity contribution in [1.29, 1.82) is 0 Å². The number of carboxylic acids is 2. The molecular weight excluding hydrogens is 502 g/mol. The average Bonchev–Trinajstić information content (AvgIpc) is 2.92. The van der Waals surface area contributed by atoms with Crippen LogP contribution in [-0.4, -0.2) is 47.7 Å². The lowest BCUT2D eigenvalue weighted by molar-refractivity contribution is -0.929. The minimum absolute atomic E-state index is 0.144. The van der Waals surface area contributed by atoms with Crippen molar-refractivity contribution in [2.24, 2.45) is 0 Å². The lowest BCUT2D eigenvalue weighted by Crippen LogP contribution is -2.50. The van der Waals surface area contributed by atoms with E-state index in [0.717, 1.165) is 9.79 Å². The van der Waals surface area contributed by atoms with Gasteiger partial charge in [-0.05, 0) is 67.6 Å². The maximum Gasteiger partial charge on any atom is 0.335 e. The standard InChI is InChI=1S/C16H36N.C14H10O4S2/c1-5-9-13-17(14-10-6-2,15-11-7-3)16-12-8-4;15-13(16)9-1-5-11(6-2-9)19-20-12-7-3-10(4-8-12)14(17)18/h5-16H2,1-4H3;1-8H,(H,15,16)(H,17,18)/q+1;/p-1. The Morgan fingerprint density at radius 1 is 0.649 bits per heavy atom. The molecule has 0 aliphatic rings. The van der Waals surface area contributed by atoms with Crippen LogP contribution in [0.5, 0.6) is 0 Å². The number of unbranched alkanes of at least 4 members (excludes halogenated alkanes) is 4. The Kier molecular flexibility index (Phi) is 17.1. The molecule has 5 nitrogen and oxygen atoms in total. The van der Waals surface area contributed by atoms with Crippen molar-refractivity contribution in [3.63, 3.8) is 0 Å². The fourth-order valence-electron chi connectivity index (χ4n) is 4.04. The monoisotopic (exact) mass is 547 g/mol. The van der Waals surface area contributed by atoms with Gasteiger partial charge in [-0.15, -0.1) is 0 Å². The second kappa shape index (κ2) is 19.2. The third-order valence-corrected chi connectivity index (χ3v) is 8.79. The van der Waals surface area contributed by atoms with Crippen molar-refractivity contribution in [3.8, 4) is 0 Å². The molecule has 0 aromatic heterocycles. The summed E-state index contributed by atoms with van der Waals surface area (Å²) >= 11 is 0. The molecule has 1 N–H and O–H groups in total. The van der Waals surface area contributed by atoms with Crippen LogP contribution in [0.1, 0.15) is 99.8 Å². The first-order valence-corrected chi connectivity index (χ1v) is 15.8. The Balaban J connectivity index is 0.000000377. The third kappa shape index (κ3) is 13.4. The van der Waals surface area contributed by atoms with Gasteiger partial charge in [0.2, 0.25) is 0 Å². The van der Waals surface area contributed by atoms with Gasteiger partial charge < -0.3 is 19.5 Å². The van der Waals surface area contributed by atoms with Gasteiger partial charge in [-0.3, -0.25) is 0 Å². The van der Waals surface area contributed by atoms with Crippen molar-refractivity contribution >= 4 is 33.5 Å². The van der Waals surface area contributed by atoms with E-state index in [1.54, 1.807) is 36.4 Å². The van der Waals surface area contributed by atoms with E-state index in [0.29, 0.717) is 0 Å². The van der Waals surface area contributed by atoms with E-state index in [9.17, 15) is 14.7 Å². The first kappa shape index (κ1) is 33.1. The smallest absolute Gasteiger partial charge is 0.335 e. The molecule has 206 valence electrons. The van der Waals surface area contributed by atoms with Gasteiger partial charge in [-0.25, -0.2) is 4.79 Å². The number of benzene rings is 2. The molecule has 0 aliphatic heterocycles. The van der Waals surface area contributed by atoms with Crippen LogP contribution in [0.15, 0.2) is 58.3 Å². The zero-order valence-corrected chi connectivity index (χ0v) is 24.7. The molecule has 0 atom stereocenters. The van der Waals surface area contributed by atoms with E-state index in [4.69, 9.17) is 5.11 Å². The van der Waals surface area contributed by atoms with Gasteiger partial charge in [-0.2, -0.15) is 0 Å². The SMILES string of the molecule is CCCC[N+](CCCC)(CCCC)CCCC.O=C([O-])c1ccc(SSc2ccc(C(=O)O)cc2)cc1. The number of quaternary nitrogens is 1. The van der Waals surface area contributed by atoms with Crippen LogP contribution < -0.4 is 5.11 Å². The predicted molar refractivity (Wildman–Crippen MR) is 155 cm³/mol. The molecule has 0 radical (unpaired) electrons. The summed E-state index contributed by atoms with van der Waals surface area (Å²) in [6.45, 7) is 15.0. The summed E-state index contributed by atoms with van der Waals surface area (Å²) in [6, 6.07) is 12.9. The van der Waals surface area contributed by atoms with Crippen LogP contribution in [-0.2, 0) is 0 Å². The van der Waals surface area contributed by atoms with Gasteiger partial charge in [0.1, 0.15) is 0 Å². The summed E-state index contributed by atoms with van der Waals surface area (Å²) in [5.74, 6) is -2.15. The summed E-state index contributed by atoms with van der Waals surface area (Å²) in [5.41, 5.74) is 0.392. The van der Waals surface area contributed by atoms with E-state index >= 15 is 0 Å². The fraction of sp³-hybridized carbons (Fsp3) is 0.533. The van der Waals surface area contributed by atoms with Gasteiger partial charge in [0.25, 0.3) is 0 Å². The van der Waals surface area contributed by atoms with E-state index in [-0.39, 0.29) is 11.1 Å². The second-order valence-electron chi connectivity index (χ2n) is 9.46. The first-order chi connectivity index (χ1) is 17.8. The molecule has 0 fully saturated rings. The van der Waals surface area contributed by atoms with Crippen LogP contribution >= 0.6 is 21.6 Å². The highest BCUT2D eigenvalue weighted by molar-refractivity contribution is 8.76. The molecule has 0 unspecified atom stereocenters. The van der Waals surface area contributed by atoms with Crippen molar-refractivity contribution in [2.75, 3.05) is 26.2 Å². The Morgan fingerprint density at radius 3 is 1.24 bits per heavy atom. The number of nitrogens with zero attached hydrogens (tertiary/aromatic N) is 1. The summed E-state index contributed by atoms with van der Waals surface area (Å²) < 4.78 is 1.42. The second-order valence-corrected chi connectivity index (χ2v) is 11.7. The Hall–Kier alpha value is -1.96. The maximum absolute atomic E-state index is 10.7. The van der Waals surface area contributed by atoms with Crippen LogP contribution in [0.3, 0.4) is 0 Å². The molecule has 37 heavy (non-hydrogen) atoms. The average molecular weight is 548 g/mol. The molecule has 0 heterocycles. The van der Waals surface area contributed by atoms with E-state index in [1.807, 2.05) is 0 Å². The normalized spacial score (nSPS) is 11.0. The number of aromatic carboxylic acids is 2. The largest absolute Gasteiger partial charge is 0.545 e. The predicted octanol–water partition coefficient (Wildman–Crippen LogP) is 7.55. The number of hydrogen-bond acceptors (Lipinski definition) is 5. The Bertz CT molecular complexity index is 806. The lowest BCUT2D eigenvalue weighted by Gasteiger charge is -2.39. The topological polar surface area (TPSA) is 77.4 Å². The van der Waals surface area contributed by atoms with Gasteiger partial charge in [0, 0.05) is 9.79 Å².